The van der Waals surface area contributed by atoms with Gasteiger partial charge in [-0.2, -0.15) is 5.10 Å². The molecule has 1 aromatic carbocycles. The second kappa shape index (κ2) is 6.83. The number of H-pyrrole nitrogens is 1. The van der Waals surface area contributed by atoms with Gasteiger partial charge in [-0.05, 0) is 86.9 Å². The Balaban J connectivity index is 1.28. The van der Waals surface area contributed by atoms with Crippen molar-refractivity contribution in [2.45, 2.75) is 52.0 Å². The van der Waals surface area contributed by atoms with E-state index < -0.39 is 0 Å². The monoisotopic (exact) mass is 396 g/mol. The second-order valence-electron chi connectivity index (χ2n) is 9.50. The van der Waals surface area contributed by atoms with Crippen molar-refractivity contribution in [3.63, 3.8) is 0 Å². The lowest BCUT2D eigenvalue weighted by Gasteiger charge is -2.56. The van der Waals surface area contributed by atoms with Crippen LogP contribution >= 0.6 is 12.2 Å². The Morgan fingerprint density at radius 3 is 2.57 bits per heavy atom. The van der Waals surface area contributed by atoms with Crippen LogP contribution in [0.25, 0.3) is 11.4 Å². The maximum Gasteiger partial charge on any atom is 0.240 e. The number of amides is 1. The summed E-state index contributed by atoms with van der Waals surface area (Å²) in [6.45, 7) is 3.08. The number of aromatic amines is 1. The molecule has 4 saturated carbocycles. The first-order valence-corrected chi connectivity index (χ1v) is 10.9. The van der Waals surface area contributed by atoms with Gasteiger partial charge in [-0.25, -0.2) is 0 Å². The summed E-state index contributed by atoms with van der Waals surface area (Å²) in [6, 6.07) is 8.11. The van der Waals surface area contributed by atoms with Crippen molar-refractivity contribution in [1.29, 1.82) is 0 Å². The molecule has 28 heavy (non-hydrogen) atoms. The molecule has 2 aromatic rings. The minimum Gasteiger partial charge on any atom is -0.354 e. The first-order chi connectivity index (χ1) is 13.5. The van der Waals surface area contributed by atoms with Crippen LogP contribution in [-0.4, -0.2) is 27.2 Å². The molecule has 2 N–H and O–H groups in total. The SMILES string of the molecule is Cc1cccc(-c2n[nH]c(=S)n2CC(=O)NCC23CC4CC(CC(C4)C2)C3)c1. The van der Waals surface area contributed by atoms with Crippen molar-refractivity contribution in [3.8, 4) is 11.4 Å². The van der Waals surface area contributed by atoms with E-state index in [4.69, 9.17) is 12.2 Å². The van der Waals surface area contributed by atoms with Crippen molar-refractivity contribution in [2.24, 2.45) is 23.2 Å². The van der Waals surface area contributed by atoms with E-state index in [1.807, 2.05) is 25.1 Å². The van der Waals surface area contributed by atoms with Crippen LogP contribution in [0.3, 0.4) is 0 Å². The van der Waals surface area contributed by atoms with Crippen LogP contribution in [0.2, 0.25) is 0 Å². The van der Waals surface area contributed by atoms with E-state index in [9.17, 15) is 4.79 Å². The van der Waals surface area contributed by atoms with Crippen molar-refractivity contribution in [1.82, 2.24) is 20.1 Å². The molecule has 4 aliphatic carbocycles. The number of hydrogen-bond donors (Lipinski definition) is 2. The maximum atomic E-state index is 12.8. The average molecular weight is 397 g/mol. The van der Waals surface area contributed by atoms with Gasteiger partial charge in [0.2, 0.25) is 5.91 Å². The normalized spacial score (nSPS) is 30.5. The highest BCUT2D eigenvalue weighted by molar-refractivity contribution is 7.71. The molecular formula is C22H28N4OS. The molecule has 6 heteroatoms. The van der Waals surface area contributed by atoms with E-state index >= 15 is 0 Å². The Kier molecular flexibility index (Phi) is 4.42. The third kappa shape index (κ3) is 3.32. The topological polar surface area (TPSA) is 62.7 Å². The molecule has 0 atom stereocenters. The molecule has 0 unspecified atom stereocenters. The van der Waals surface area contributed by atoms with Crippen LogP contribution in [0, 0.1) is 34.9 Å². The number of carbonyl (C=O) groups is 1. The second-order valence-corrected chi connectivity index (χ2v) is 9.89. The standard InChI is InChI=1S/C22H28N4OS/c1-14-3-2-4-18(5-14)20-24-25-21(28)26(20)12-19(27)23-13-22-9-15-6-16(10-22)8-17(7-15)11-22/h2-5,15-17H,6-13H2,1H3,(H,23,27)(H,25,28). The molecule has 1 amide bonds. The predicted octanol–water partition coefficient (Wildman–Crippen LogP) is 4.25. The molecule has 0 spiro atoms. The van der Waals surface area contributed by atoms with Crippen LogP contribution in [0.1, 0.15) is 44.1 Å². The Labute approximate surface area is 170 Å². The van der Waals surface area contributed by atoms with Crippen LogP contribution in [0.15, 0.2) is 24.3 Å². The average Bonchev–Trinajstić information content (AvgIpc) is 3.00. The zero-order valence-electron chi connectivity index (χ0n) is 16.4. The first-order valence-electron chi connectivity index (χ1n) is 10.5. The number of hydrogen-bond acceptors (Lipinski definition) is 3. The predicted molar refractivity (Wildman–Crippen MR) is 111 cm³/mol. The molecule has 4 bridgehead atoms. The molecule has 0 radical (unpaired) electrons. The van der Waals surface area contributed by atoms with Gasteiger partial charge in [0.15, 0.2) is 10.6 Å². The van der Waals surface area contributed by atoms with Gasteiger partial charge in [0.1, 0.15) is 6.54 Å². The highest BCUT2D eigenvalue weighted by atomic mass is 32.1. The molecule has 4 fully saturated rings. The Bertz CT molecular complexity index is 924. The molecule has 1 heterocycles. The number of aromatic nitrogens is 3. The molecule has 148 valence electrons. The largest absolute Gasteiger partial charge is 0.354 e. The van der Waals surface area contributed by atoms with E-state index in [2.05, 4.69) is 21.6 Å². The first kappa shape index (κ1) is 18.1. The summed E-state index contributed by atoms with van der Waals surface area (Å²) >= 11 is 5.39. The third-order valence-corrected chi connectivity index (χ3v) is 7.47. The third-order valence-electron chi connectivity index (χ3n) is 7.16. The fourth-order valence-corrected chi connectivity index (χ4v) is 6.66. The number of nitrogens with zero attached hydrogens (tertiary/aromatic N) is 2. The fourth-order valence-electron chi connectivity index (χ4n) is 6.46. The fraction of sp³-hybridized carbons (Fsp3) is 0.591. The zero-order valence-corrected chi connectivity index (χ0v) is 17.2. The quantitative estimate of drug-likeness (QED) is 0.743. The number of nitrogens with one attached hydrogen (secondary N) is 2. The minimum atomic E-state index is 0.0298. The molecule has 0 saturated heterocycles. The van der Waals surface area contributed by atoms with Gasteiger partial charge in [-0.15, -0.1) is 0 Å². The smallest absolute Gasteiger partial charge is 0.240 e. The summed E-state index contributed by atoms with van der Waals surface area (Å²) in [5.74, 6) is 3.46. The van der Waals surface area contributed by atoms with Crippen LogP contribution < -0.4 is 5.32 Å². The lowest BCUT2D eigenvalue weighted by Crippen LogP contribution is -2.51. The van der Waals surface area contributed by atoms with Crippen molar-refractivity contribution in [3.05, 3.63) is 34.6 Å². The van der Waals surface area contributed by atoms with Crippen molar-refractivity contribution in [2.75, 3.05) is 6.54 Å². The van der Waals surface area contributed by atoms with Gasteiger partial charge in [-0.1, -0.05) is 23.8 Å². The molecule has 1 aromatic heterocycles. The highest BCUT2D eigenvalue weighted by Gasteiger charge is 2.50. The van der Waals surface area contributed by atoms with Crippen molar-refractivity contribution < 1.29 is 4.79 Å². The summed E-state index contributed by atoms with van der Waals surface area (Å²) < 4.78 is 2.29. The van der Waals surface area contributed by atoms with Crippen LogP contribution in [0.4, 0.5) is 0 Å². The number of benzene rings is 1. The Hall–Kier alpha value is -1.95. The highest BCUT2D eigenvalue weighted by Crippen LogP contribution is 2.59. The number of aryl methyl sites for hydroxylation is 1. The minimum absolute atomic E-state index is 0.0298. The van der Waals surface area contributed by atoms with Gasteiger partial charge in [-0.3, -0.25) is 14.5 Å². The summed E-state index contributed by atoms with van der Waals surface area (Å²) in [7, 11) is 0. The van der Waals surface area contributed by atoms with E-state index in [1.54, 1.807) is 4.57 Å². The van der Waals surface area contributed by atoms with Crippen LogP contribution in [0.5, 0.6) is 0 Å². The Morgan fingerprint density at radius 1 is 1.25 bits per heavy atom. The van der Waals surface area contributed by atoms with Gasteiger partial charge in [0.05, 0.1) is 0 Å². The number of rotatable bonds is 5. The van der Waals surface area contributed by atoms with E-state index in [1.165, 1.54) is 38.5 Å². The summed E-state index contributed by atoms with van der Waals surface area (Å²) in [4.78, 5) is 12.8. The molecule has 6 rings (SSSR count). The van der Waals surface area contributed by atoms with Gasteiger partial charge in [0.25, 0.3) is 0 Å². The van der Waals surface area contributed by atoms with E-state index in [0.717, 1.165) is 41.2 Å². The van der Waals surface area contributed by atoms with Gasteiger partial charge in [0, 0.05) is 12.1 Å². The summed E-state index contributed by atoms with van der Waals surface area (Å²) in [6.07, 6.45) is 8.20. The van der Waals surface area contributed by atoms with Crippen LogP contribution in [-0.2, 0) is 11.3 Å². The summed E-state index contributed by atoms with van der Waals surface area (Å²) in [5.41, 5.74) is 2.48. The molecule has 4 aliphatic rings. The molecular weight excluding hydrogens is 368 g/mol. The van der Waals surface area contributed by atoms with Gasteiger partial charge >= 0.3 is 0 Å². The van der Waals surface area contributed by atoms with E-state index in [-0.39, 0.29) is 12.5 Å². The Morgan fingerprint density at radius 2 is 1.93 bits per heavy atom. The number of carbonyl (C=O) groups excluding carboxylic acids is 1. The zero-order chi connectivity index (χ0) is 19.3. The maximum absolute atomic E-state index is 12.8. The lowest BCUT2D eigenvalue weighted by molar-refractivity contribution is -0.123. The lowest BCUT2D eigenvalue weighted by atomic mass is 9.49. The van der Waals surface area contributed by atoms with E-state index in [0.29, 0.717) is 10.2 Å². The molecule has 0 aliphatic heterocycles. The van der Waals surface area contributed by atoms with Gasteiger partial charge < -0.3 is 5.32 Å². The summed E-state index contributed by atoms with van der Waals surface area (Å²) in [5, 5.41) is 10.5. The van der Waals surface area contributed by atoms with Crippen molar-refractivity contribution >= 4 is 18.1 Å². The molecule has 5 nitrogen and oxygen atoms in total.